The van der Waals surface area contributed by atoms with Crippen molar-refractivity contribution in [2.75, 3.05) is 17.8 Å². The molecule has 0 aliphatic heterocycles. The summed E-state index contributed by atoms with van der Waals surface area (Å²) in [7, 11) is 0. The number of carboxylic acid groups (broad SMARTS) is 1. The van der Waals surface area contributed by atoms with Crippen LogP contribution in [-0.2, 0) is 44.1 Å². The number of thioether (sulfide) groups is 2. The van der Waals surface area contributed by atoms with Crippen molar-refractivity contribution in [2.24, 2.45) is 17.8 Å². The molecule has 0 fully saturated rings. The van der Waals surface area contributed by atoms with Gasteiger partial charge in [-0.1, -0.05) is 78.3 Å². The van der Waals surface area contributed by atoms with Gasteiger partial charge in [-0.15, -0.1) is 0 Å². The fraction of sp³-hybridized carbons (Fsp3) is 0.650. The molecular formula is C40H64N6O9S2. The molecule has 1 aromatic rings. The van der Waals surface area contributed by atoms with E-state index in [1.165, 1.54) is 30.4 Å². The molecular weight excluding hydrogens is 773 g/mol. The number of hydrogen-bond donors (Lipinski definition) is 7. The second-order valence-electron chi connectivity index (χ2n) is 15.1. The molecule has 0 aliphatic carbocycles. The third-order valence-electron chi connectivity index (χ3n) is 8.91. The predicted molar refractivity (Wildman–Crippen MR) is 224 cm³/mol. The Bertz CT molecular complexity index is 1470. The third-order valence-corrected chi connectivity index (χ3v) is 10.7. The van der Waals surface area contributed by atoms with Gasteiger partial charge in [-0.2, -0.15) is 23.5 Å². The summed E-state index contributed by atoms with van der Waals surface area (Å²) < 4.78 is 0. The molecule has 0 heterocycles. The van der Waals surface area contributed by atoms with E-state index < -0.39 is 77.7 Å². The van der Waals surface area contributed by atoms with Crippen molar-refractivity contribution in [3.63, 3.8) is 0 Å². The van der Waals surface area contributed by atoms with E-state index in [9.17, 15) is 38.4 Å². The number of carbonyl (C=O) groups is 8. The van der Waals surface area contributed by atoms with Gasteiger partial charge >= 0.3 is 5.97 Å². The molecule has 0 bridgehead atoms. The van der Waals surface area contributed by atoms with E-state index in [1.807, 2.05) is 71.2 Å². The largest absolute Gasteiger partial charge is 0.481 e. The minimum absolute atomic E-state index is 0.0113. The first-order valence-corrected chi connectivity index (χ1v) is 22.1. The molecule has 0 spiro atoms. The van der Waals surface area contributed by atoms with Crippen LogP contribution in [0.2, 0.25) is 0 Å². The smallest absolute Gasteiger partial charge is 0.303 e. The quantitative estimate of drug-likeness (QED) is 0.0608. The summed E-state index contributed by atoms with van der Waals surface area (Å²) in [5, 5.41) is 25.2. The van der Waals surface area contributed by atoms with Crippen molar-refractivity contribution in [1.29, 1.82) is 0 Å². The molecule has 7 atom stereocenters. The fourth-order valence-corrected chi connectivity index (χ4v) is 7.13. The maximum atomic E-state index is 13.8. The molecule has 17 heteroatoms. The van der Waals surface area contributed by atoms with Crippen LogP contribution in [-0.4, -0.2) is 107 Å². The Balaban J connectivity index is 3.20. The Kier molecular flexibility index (Phi) is 24.6. The number of amides is 6. The average molecular weight is 837 g/mol. The normalized spacial score (nSPS) is 14.8. The first kappa shape index (κ1) is 50.9. The van der Waals surface area contributed by atoms with Crippen molar-refractivity contribution in [1.82, 2.24) is 31.9 Å². The van der Waals surface area contributed by atoms with Crippen LogP contribution in [0.15, 0.2) is 30.3 Å². The number of rotatable bonds is 28. The summed E-state index contributed by atoms with van der Waals surface area (Å²) in [5.41, 5.74) is 0.998. The lowest BCUT2D eigenvalue weighted by molar-refractivity contribution is -0.137. The number of aliphatic carboxylic acids is 1. The van der Waals surface area contributed by atoms with E-state index in [0.717, 1.165) is 5.56 Å². The van der Waals surface area contributed by atoms with E-state index in [2.05, 4.69) is 31.9 Å². The molecule has 1 aromatic carbocycles. The van der Waals surface area contributed by atoms with Gasteiger partial charge in [0.15, 0.2) is 0 Å². The van der Waals surface area contributed by atoms with Crippen LogP contribution in [0, 0.1) is 17.8 Å². The summed E-state index contributed by atoms with van der Waals surface area (Å²) >= 11 is 2.78. The number of nitrogens with one attached hydrogen (secondary N) is 6. The van der Waals surface area contributed by atoms with Gasteiger partial charge in [0.1, 0.15) is 36.5 Å². The maximum absolute atomic E-state index is 13.8. The second kappa shape index (κ2) is 27.5. The Morgan fingerprint density at radius 3 is 1.79 bits per heavy atom. The minimum Gasteiger partial charge on any atom is -0.481 e. The molecule has 1 unspecified atom stereocenters. The fourth-order valence-electron chi connectivity index (χ4n) is 5.60. The number of carbonyl (C=O) groups excluding carboxylic acids is 7. The molecule has 320 valence electrons. The lowest BCUT2D eigenvalue weighted by atomic mass is 9.96. The van der Waals surface area contributed by atoms with Gasteiger partial charge in [0.25, 0.3) is 0 Å². The van der Waals surface area contributed by atoms with E-state index >= 15 is 0 Å². The lowest BCUT2D eigenvalue weighted by Crippen LogP contribution is -2.60. The Labute approximate surface area is 345 Å². The van der Waals surface area contributed by atoms with Gasteiger partial charge in [-0.05, 0) is 55.8 Å². The molecule has 0 aliphatic rings. The topological polar surface area (TPSA) is 229 Å². The first-order valence-electron chi connectivity index (χ1n) is 19.5. The van der Waals surface area contributed by atoms with E-state index in [0.29, 0.717) is 24.2 Å². The van der Waals surface area contributed by atoms with Crippen molar-refractivity contribution < 1.29 is 43.5 Å². The zero-order valence-electron chi connectivity index (χ0n) is 34.6. The predicted octanol–water partition coefficient (Wildman–Crippen LogP) is 2.80. The Morgan fingerprint density at radius 1 is 0.684 bits per heavy atom. The molecule has 7 N–H and O–H groups in total. The highest BCUT2D eigenvalue weighted by Crippen LogP contribution is 2.15. The number of hydrogen-bond acceptors (Lipinski definition) is 10. The second-order valence-corrected chi connectivity index (χ2v) is 17.0. The number of carboxylic acids is 1. The average Bonchev–Trinajstić information content (AvgIpc) is 3.14. The van der Waals surface area contributed by atoms with Gasteiger partial charge in [0.2, 0.25) is 35.4 Å². The van der Waals surface area contributed by atoms with Gasteiger partial charge in [0.05, 0.1) is 6.04 Å². The van der Waals surface area contributed by atoms with E-state index in [4.69, 9.17) is 5.11 Å². The highest BCUT2D eigenvalue weighted by molar-refractivity contribution is 7.98. The zero-order chi connectivity index (χ0) is 43.1. The molecule has 1 rings (SSSR count). The highest BCUT2D eigenvalue weighted by Gasteiger charge is 2.33. The monoisotopic (exact) mass is 836 g/mol. The van der Waals surface area contributed by atoms with Gasteiger partial charge < -0.3 is 41.8 Å². The molecule has 0 aromatic heterocycles. The van der Waals surface area contributed by atoms with Crippen LogP contribution in [0.5, 0.6) is 0 Å². The van der Waals surface area contributed by atoms with Crippen molar-refractivity contribution in [3.05, 3.63) is 35.9 Å². The van der Waals surface area contributed by atoms with Crippen molar-refractivity contribution in [2.45, 2.75) is 129 Å². The molecule has 0 saturated carbocycles. The van der Waals surface area contributed by atoms with Crippen LogP contribution in [0.25, 0.3) is 0 Å². The van der Waals surface area contributed by atoms with E-state index in [-0.39, 0.29) is 55.6 Å². The van der Waals surface area contributed by atoms with Crippen LogP contribution in [0.4, 0.5) is 0 Å². The maximum Gasteiger partial charge on any atom is 0.303 e. The molecule has 57 heavy (non-hydrogen) atoms. The third kappa shape index (κ3) is 20.7. The van der Waals surface area contributed by atoms with Crippen molar-refractivity contribution >= 4 is 71.2 Å². The van der Waals surface area contributed by atoms with Gasteiger partial charge in [0, 0.05) is 30.1 Å². The molecule has 0 radical (unpaired) electrons. The first-order chi connectivity index (χ1) is 26.9. The minimum atomic E-state index is -1.15. The summed E-state index contributed by atoms with van der Waals surface area (Å²) in [6.07, 6.45) is 3.32. The zero-order valence-corrected chi connectivity index (χ0v) is 36.2. The Morgan fingerprint density at radius 2 is 1.25 bits per heavy atom. The molecule has 6 amide bonds. The van der Waals surface area contributed by atoms with Crippen LogP contribution < -0.4 is 31.9 Å². The highest BCUT2D eigenvalue weighted by atomic mass is 32.2. The van der Waals surface area contributed by atoms with Crippen LogP contribution in [0.3, 0.4) is 0 Å². The summed E-state index contributed by atoms with van der Waals surface area (Å²) in [6.45, 7) is 12.6. The number of benzene rings is 1. The SMILES string of the molecule is CC[C@H](C)[C@H](NC(=O)[C@H](CC(C)C)NC(=O)[C@H](C)NC(=O)C(CSCc1ccccc1)NC(=O)[C@H](CC(C)C)NC(=O)CCCC(=O)O)C(=O)N[C@H](C=O)CSC. The standard InChI is InChI=1S/C40H64N6O9S2/c1-9-26(6)35(40(55)42-29(20-47)22-56-8)46-38(53)31(19-25(4)5)44-36(51)27(7)41-39(54)32(23-57-21-28-14-11-10-12-15-28)45-37(52)30(18-24(2)3)43-33(48)16-13-17-34(49)50/h10-12,14-15,20,24-27,29-32,35H,9,13,16-19,21-23H2,1-8H3,(H,41,54)(H,42,55)(H,43,48)(H,44,51)(H,45,52)(H,46,53)(H,49,50)/t26-,27-,29+,30-,31-,32?,35-/m0/s1. The van der Waals surface area contributed by atoms with Crippen LogP contribution >= 0.6 is 23.5 Å². The Hall–Kier alpha value is -4.12. The van der Waals surface area contributed by atoms with Crippen molar-refractivity contribution in [3.8, 4) is 0 Å². The summed E-state index contributed by atoms with van der Waals surface area (Å²) in [5.74, 6) is -3.86. The van der Waals surface area contributed by atoms with E-state index in [1.54, 1.807) is 6.92 Å². The van der Waals surface area contributed by atoms with Gasteiger partial charge in [-0.25, -0.2) is 0 Å². The van der Waals surface area contributed by atoms with Crippen LogP contribution in [0.1, 0.15) is 92.6 Å². The number of aldehydes is 1. The summed E-state index contributed by atoms with van der Waals surface area (Å²) in [6, 6.07) is 3.50. The lowest BCUT2D eigenvalue weighted by Gasteiger charge is -2.29. The summed E-state index contributed by atoms with van der Waals surface area (Å²) in [4.78, 5) is 103. The molecule has 0 saturated heterocycles. The molecule has 15 nitrogen and oxygen atoms in total. The van der Waals surface area contributed by atoms with Gasteiger partial charge in [-0.3, -0.25) is 33.6 Å².